The molecule has 2 atom stereocenters. The number of carbonyl (C=O) groups is 1. The van der Waals surface area contributed by atoms with E-state index in [1.807, 2.05) is 39.8 Å². The van der Waals surface area contributed by atoms with Gasteiger partial charge in [0.15, 0.2) is 6.10 Å². The predicted octanol–water partition coefficient (Wildman–Crippen LogP) is 3.75. The van der Waals surface area contributed by atoms with E-state index in [0.29, 0.717) is 0 Å². The van der Waals surface area contributed by atoms with Crippen molar-refractivity contribution in [1.82, 2.24) is 5.32 Å². The molecule has 0 aliphatic rings. The SMILES string of the molecule is CCC(C)NC(=O)C(C)Oc1cc(C)c(Br)c(C)c1. The summed E-state index contributed by atoms with van der Waals surface area (Å²) in [6, 6.07) is 4.04. The Morgan fingerprint density at radius 3 is 2.32 bits per heavy atom. The fourth-order valence-corrected chi connectivity index (χ4v) is 1.92. The highest BCUT2D eigenvalue weighted by molar-refractivity contribution is 9.10. The predicted molar refractivity (Wildman–Crippen MR) is 81.6 cm³/mol. The van der Waals surface area contributed by atoms with Crippen molar-refractivity contribution in [2.45, 2.75) is 53.2 Å². The van der Waals surface area contributed by atoms with Gasteiger partial charge >= 0.3 is 0 Å². The van der Waals surface area contributed by atoms with Crippen molar-refractivity contribution in [3.63, 3.8) is 0 Å². The molecule has 1 rings (SSSR count). The molecule has 1 aromatic rings. The number of benzene rings is 1. The highest BCUT2D eigenvalue weighted by atomic mass is 79.9. The molecule has 19 heavy (non-hydrogen) atoms. The molecule has 0 aliphatic carbocycles. The molecule has 0 heterocycles. The third-order valence-corrected chi connectivity index (χ3v) is 4.34. The molecule has 0 spiro atoms. The zero-order valence-electron chi connectivity index (χ0n) is 12.2. The van der Waals surface area contributed by atoms with Crippen LogP contribution in [-0.2, 0) is 4.79 Å². The summed E-state index contributed by atoms with van der Waals surface area (Å²) in [6.07, 6.45) is 0.420. The van der Waals surface area contributed by atoms with Gasteiger partial charge in [0, 0.05) is 10.5 Å². The minimum Gasteiger partial charge on any atom is -0.481 e. The molecule has 4 heteroatoms. The van der Waals surface area contributed by atoms with E-state index in [1.54, 1.807) is 6.92 Å². The average molecular weight is 328 g/mol. The summed E-state index contributed by atoms with van der Waals surface area (Å²) in [5.74, 6) is 0.651. The smallest absolute Gasteiger partial charge is 0.260 e. The van der Waals surface area contributed by atoms with E-state index < -0.39 is 6.10 Å². The van der Waals surface area contributed by atoms with Crippen molar-refractivity contribution < 1.29 is 9.53 Å². The number of halogens is 1. The van der Waals surface area contributed by atoms with Gasteiger partial charge in [-0.05, 0) is 57.4 Å². The van der Waals surface area contributed by atoms with Gasteiger partial charge in [-0.25, -0.2) is 0 Å². The molecule has 0 aliphatic heterocycles. The molecular formula is C15H22BrNO2. The number of hydrogen-bond acceptors (Lipinski definition) is 2. The van der Waals surface area contributed by atoms with Gasteiger partial charge in [0.05, 0.1) is 0 Å². The fraction of sp³-hybridized carbons (Fsp3) is 0.533. The standard InChI is InChI=1S/C15H22BrNO2/c1-6-11(4)17-15(18)12(5)19-13-7-9(2)14(16)10(3)8-13/h7-8,11-12H,6H2,1-5H3,(H,17,18). The maximum atomic E-state index is 11.9. The van der Waals surface area contributed by atoms with Crippen LogP contribution in [0.2, 0.25) is 0 Å². The fourth-order valence-electron chi connectivity index (χ4n) is 1.69. The van der Waals surface area contributed by atoms with Crippen LogP contribution in [0.25, 0.3) is 0 Å². The largest absolute Gasteiger partial charge is 0.481 e. The second kappa shape index (κ2) is 6.94. The van der Waals surface area contributed by atoms with Gasteiger partial charge in [-0.1, -0.05) is 22.9 Å². The Morgan fingerprint density at radius 1 is 1.32 bits per heavy atom. The lowest BCUT2D eigenvalue weighted by molar-refractivity contribution is -0.127. The second-order valence-corrected chi connectivity index (χ2v) is 5.74. The first-order chi connectivity index (χ1) is 8.85. The number of nitrogens with one attached hydrogen (secondary N) is 1. The summed E-state index contributed by atoms with van der Waals surface area (Å²) in [7, 11) is 0. The van der Waals surface area contributed by atoms with E-state index in [-0.39, 0.29) is 11.9 Å². The van der Waals surface area contributed by atoms with Gasteiger partial charge in [-0.15, -0.1) is 0 Å². The van der Waals surface area contributed by atoms with Crippen molar-refractivity contribution in [3.05, 3.63) is 27.7 Å². The summed E-state index contributed by atoms with van der Waals surface area (Å²) in [4.78, 5) is 11.9. The number of amides is 1. The number of ether oxygens (including phenoxy) is 1. The van der Waals surface area contributed by atoms with Crippen molar-refractivity contribution >= 4 is 21.8 Å². The Hall–Kier alpha value is -1.03. The maximum Gasteiger partial charge on any atom is 0.260 e. The van der Waals surface area contributed by atoms with Gasteiger partial charge in [-0.2, -0.15) is 0 Å². The van der Waals surface area contributed by atoms with Crippen LogP contribution in [-0.4, -0.2) is 18.1 Å². The monoisotopic (exact) mass is 327 g/mol. The van der Waals surface area contributed by atoms with Gasteiger partial charge in [0.2, 0.25) is 0 Å². The van der Waals surface area contributed by atoms with E-state index in [1.165, 1.54) is 0 Å². The van der Waals surface area contributed by atoms with Crippen molar-refractivity contribution in [1.29, 1.82) is 0 Å². The van der Waals surface area contributed by atoms with Crippen molar-refractivity contribution in [2.75, 3.05) is 0 Å². The zero-order chi connectivity index (χ0) is 14.6. The quantitative estimate of drug-likeness (QED) is 0.894. The van der Waals surface area contributed by atoms with Crippen LogP contribution in [0.4, 0.5) is 0 Å². The molecule has 0 saturated heterocycles. The van der Waals surface area contributed by atoms with E-state index in [9.17, 15) is 4.79 Å². The molecule has 0 fully saturated rings. The van der Waals surface area contributed by atoms with Gasteiger partial charge in [0.1, 0.15) is 5.75 Å². The summed E-state index contributed by atoms with van der Waals surface area (Å²) in [6.45, 7) is 9.81. The molecule has 1 aromatic carbocycles. The molecule has 1 N–H and O–H groups in total. The molecule has 106 valence electrons. The van der Waals surface area contributed by atoms with Crippen LogP contribution in [0, 0.1) is 13.8 Å². The lowest BCUT2D eigenvalue weighted by Gasteiger charge is -2.18. The van der Waals surface area contributed by atoms with Crippen LogP contribution in [0.5, 0.6) is 5.75 Å². The van der Waals surface area contributed by atoms with Crippen LogP contribution in [0.1, 0.15) is 38.3 Å². The molecule has 0 aromatic heterocycles. The molecule has 0 saturated carbocycles. The van der Waals surface area contributed by atoms with E-state index in [0.717, 1.165) is 27.8 Å². The summed E-state index contributed by atoms with van der Waals surface area (Å²) >= 11 is 3.52. The first-order valence-corrected chi connectivity index (χ1v) is 7.38. The second-order valence-electron chi connectivity index (χ2n) is 4.95. The molecule has 0 bridgehead atoms. The molecule has 0 radical (unpaired) electrons. The summed E-state index contributed by atoms with van der Waals surface area (Å²) in [5, 5.41) is 2.92. The third kappa shape index (κ3) is 4.53. The van der Waals surface area contributed by atoms with E-state index >= 15 is 0 Å². The minimum atomic E-state index is -0.492. The lowest BCUT2D eigenvalue weighted by Crippen LogP contribution is -2.41. The normalized spacial score (nSPS) is 13.8. The summed E-state index contributed by atoms with van der Waals surface area (Å²) in [5.41, 5.74) is 2.20. The Labute approximate surface area is 123 Å². The zero-order valence-corrected chi connectivity index (χ0v) is 13.8. The van der Waals surface area contributed by atoms with Gasteiger partial charge in [-0.3, -0.25) is 4.79 Å². The van der Waals surface area contributed by atoms with Crippen LogP contribution in [0.3, 0.4) is 0 Å². The highest BCUT2D eigenvalue weighted by Crippen LogP contribution is 2.26. The number of hydrogen-bond donors (Lipinski definition) is 1. The first kappa shape index (κ1) is 16.0. The molecule has 1 amide bonds. The Morgan fingerprint density at radius 2 is 1.84 bits per heavy atom. The Kier molecular flexibility index (Phi) is 5.85. The maximum absolute atomic E-state index is 11.9. The molecular weight excluding hydrogens is 306 g/mol. The number of aryl methyl sites for hydroxylation is 2. The van der Waals surface area contributed by atoms with Crippen molar-refractivity contribution in [2.24, 2.45) is 0 Å². The van der Waals surface area contributed by atoms with Crippen molar-refractivity contribution in [3.8, 4) is 5.75 Å². The summed E-state index contributed by atoms with van der Waals surface area (Å²) < 4.78 is 6.79. The third-order valence-electron chi connectivity index (χ3n) is 3.09. The van der Waals surface area contributed by atoms with Gasteiger partial charge in [0.25, 0.3) is 5.91 Å². The van der Waals surface area contributed by atoms with Crippen LogP contribution in [0.15, 0.2) is 16.6 Å². The first-order valence-electron chi connectivity index (χ1n) is 6.59. The van der Waals surface area contributed by atoms with E-state index in [4.69, 9.17) is 4.74 Å². The average Bonchev–Trinajstić information content (AvgIpc) is 2.35. The topological polar surface area (TPSA) is 38.3 Å². The van der Waals surface area contributed by atoms with Crippen LogP contribution >= 0.6 is 15.9 Å². The highest BCUT2D eigenvalue weighted by Gasteiger charge is 2.16. The number of carbonyl (C=O) groups excluding carboxylic acids is 1. The van der Waals surface area contributed by atoms with Gasteiger partial charge < -0.3 is 10.1 Å². The Balaban J connectivity index is 2.71. The lowest BCUT2D eigenvalue weighted by atomic mass is 10.1. The minimum absolute atomic E-state index is 0.0763. The Bertz CT molecular complexity index is 436. The molecule has 2 unspecified atom stereocenters. The van der Waals surface area contributed by atoms with E-state index in [2.05, 4.69) is 21.2 Å². The van der Waals surface area contributed by atoms with Crippen LogP contribution < -0.4 is 10.1 Å². The number of rotatable bonds is 5. The molecule has 3 nitrogen and oxygen atoms in total.